The van der Waals surface area contributed by atoms with Crippen molar-refractivity contribution in [3.8, 4) is 0 Å². The van der Waals surface area contributed by atoms with Gasteiger partial charge in [0.1, 0.15) is 5.78 Å². The van der Waals surface area contributed by atoms with E-state index in [0.29, 0.717) is 11.7 Å². The Labute approximate surface area is 92.6 Å². The van der Waals surface area contributed by atoms with Crippen LogP contribution < -0.4 is 5.73 Å². The standard InChI is InChI=1S/C13H23NO/c1-9-5-7-10(8-6-9)13(15)11-3-2-4-12(11)14/h9-12H,2-8,14H2,1H3. The summed E-state index contributed by atoms with van der Waals surface area (Å²) >= 11 is 0. The molecule has 15 heavy (non-hydrogen) atoms. The van der Waals surface area contributed by atoms with Gasteiger partial charge in [-0.3, -0.25) is 4.79 Å². The first-order valence-corrected chi connectivity index (χ1v) is 6.47. The van der Waals surface area contributed by atoms with Gasteiger partial charge in [-0.1, -0.05) is 26.2 Å². The minimum Gasteiger partial charge on any atom is -0.327 e. The molecule has 0 saturated heterocycles. The van der Waals surface area contributed by atoms with Crippen LogP contribution in [0, 0.1) is 17.8 Å². The molecule has 2 N–H and O–H groups in total. The Kier molecular flexibility index (Phi) is 3.45. The van der Waals surface area contributed by atoms with Gasteiger partial charge in [0, 0.05) is 17.9 Å². The number of ketones is 1. The molecule has 0 bridgehead atoms. The lowest BCUT2D eigenvalue weighted by Crippen LogP contribution is -2.35. The molecule has 0 radical (unpaired) electrons. The van der Waals surface area contributed by atoms with E-state index in [1.807, 2.05) is 0 Å². The van der Waals surface area contributed by atoms with Gasteiger partial charge in [-0.05, 0) is 31.6 Å². The first-order valence-electron chi connectivity index (χ1n) is 6.47. The van der Waals surface area contributed by atoms with Gasteiger partial charge >= 0.3 is 0 Å². The fourth-order valence-corrected chi connectivity index (χ4v) is 3.19. The van der Waals surface area contributed by atoms with Gasteiger partial charge < -0.3 is 5.73 Å². The zero-order valence-corrected chi connectivity index (χ0v) is 9.74. The monoisotopic (exact) mass is 209 g/mol. The predicted molar refractivity (Wildman–Crippen MR) is 61.4 cm³/mol. The molecule has 0 amide bonds. The van der Waals surface area contributed by atoms with E-state index in [4.69, 9.17) is 5.73 Å². The molecule has 2 heteroatoms. The molecule has 0 aromatic rings. The topological polar surface area (TPSA) is 43.1 Å². The molecule has 2 unspecified atom stereocenters. The summed E-state index contributed by atoms with van der Waals surface area (Å²) < 4.78 is 0. The highest BCUT2D eigenvalue weighted by molar-refractivity contribution is 5.84. The van der Waals surface area contributed by atoms with Gasteiger partial charge in [0.15, 0.2) is 0 Å². The maximum absolute atomic E-state index is 12.2. The molecule has 0 heterocycles. The van der Waals surface area contributed by atoms with Gasteiger partial charge in [0.2, 0.25) is 0 Å². The van der Waals surface area contributed by atoms with Gasteiger partial charge in [-0.25, -0.2) is 0 Å². The van der Waals surface area contributed by atoms with Crippen molar-refractivity contribution in [2.24, 2.45) is 23.5 Å². The third-order valence-electron chi connectivity index (χ3n) is 4.35. The Morgan fingerprint density at radius 1 is 1.07 bits per heavy atom. The first-order chi connectivity index (χ1) is 7.18. The Bertz CT molecular complexity index is 231. The summed E-state index contributed by atoms with van der Waals surface area (Å²) in [7, 11) is 0. The van der Waals surface area contributed by atoms with Crippen LogP contribution >= 0.6 is 0 Å². The molecule has 0 spiro atoms. The lowest BCUT2D eigenvalue weighted by atomic mass is 9.77. The van der Waals surface area contributed by atoms with Crippen LogP contribution in [-0.2, 0) is 4.79 Å². The molecule has 86 valence electrons. The molecule has 2 rings (SSSR count). The second-order valence-corrected chi connectivity index (χ2v) is 5.56. The van der Waals surface area contributed by atoms with E-state index in [2.05, 4.69) is 6.92 Å². The highest BCUT2D eigenvalue weighted by atomic mass is 16.1. The molecule has 2 aliphatic rings. The highest BCUT2D eigenvalue weighted by Gasteiger charge is 2.35. The van der Waals surface area contributed by atoms with Crippen LogP contribution in [0.4, 0.5) is 0 Å². The third-order valence-corrected chi connectivity index (χ3v) is 4.35. The van der Waals surface area contributed by atoms with E-state index in [1.165, 1.54) is 12.8 Å². The van der Waals surface area contributed by atoms with Crippen molar-refractivity contribution >= 4 is 5.78 Å². The Morgan fingerprint density at radius 3 is 2.27 bits per heavy atom. The summed E-state index contributed by atoms with van der Waals surface area (Å²) in [5, 5.41) is 0. The first kappa shape index (κ1) is 11.1. The van der Waals surface area contributed by atoms with Gasteiger partial charge in [0.25, 0.3) is 0 Å². The zero-order valence-electron chi connectivity index (χ0n) is 9.74. The summed E-state index contributed by atoms with van der Waals surface area (Å²) in [6.07, 6.45) is 7.95. The Balaban J connectivity index is 1.90. The quantitative estimate of drug-likeness (QED) is 0.759. The molecular weight excluding hydrogens is 186 g/mol. The second-order valence-electron chi connectivity index (χ2n) is 5.56. The maximum atomic E-state index is 12.2. The second kappa shape index (κ2) is 4.65. The zero-order chi connectivity index (χ0) is 10.8. The maximum Gasteiger partial charge on any atom is 0.140 e. The van der Waals surface area contributed by atoms with Gasteiger partial charge in [-0.2, -0.15) is 0 Å². The van der Waals surface area contributed by atoms with Crippen LogP contribution in [0.2, 0.25) is 0 Å². The molecule has 2 saturated carbocycles. The van der Waals surface area contributed by atoms with Crippen molar-refractivity contribution in [2.75, 3.05) is 0 Å². The minimum absolute atomic E-state index is 0.164. The Hall–Kier alpha value is -0.370. The van der Waals surface area contributed by atoms with Crippen molar-refractivity contribution in [3.63, 3.8) is 0 Å². The van der Waals surface area contributed by atoms with Crippen LogP contribution in [0.5, 0.6) is 0 Å². The third kappa shape index (κ3) is 2.41. The fourth-order valence-electron chi connectivity index (χ4n) is 3.19. The van der Waals surface area contributed by atoms with Crippen molar-refractivity contribution in [3.05, 3.63) is 0 Å². The SMILES string of the molecule is CC1CCC(C(=O)C2CCCC2N)CC1. The molecule has 2 fully saturated rings. The summed E-state index contributed by atoms with van der Waals surface area (Å²) in [6, 6.07) is 0.164. The van der Waals surface area contributed by atoms with E-state index < -0.39 is 0 Å². The molecule has 0 aromatic heterocycles. The normalized spacial score (nSPS) is 41.7. The largest absolute Gasteiger partial charge is 0.327 e. The van der Waals surface area contributed by atoms with E-state index >= 15 is 0 Å². The molecule has 0 aromatic carbocycles. The van der Waals surface area contributed by atoms with Gasteiger partial charge in [0.05, 0.1) is 0 Å². The van der Waals surface area contributed by atoms with Crippen molar-refractivity contribution < 1.29 is 4.79 Å². The van der Waals surface area contributed by atoms with Crippen molar-refractivity contribution in [1.29, 1.82) is 0 Å². The van der Waals surface area contributed by atoms with E-state index in [-0.39, 0.29) is 12.0 Å². The number of carbonyl (C=O) groups excluding carboxylic acids is 1. The predicted octanol–water partition coefficient (Wildman–Crippen LogP) is 2.51. The van der Waals surface area contributed by atoms with Crippen molar-refractivity contribution in [2.45, 2.75) is 57.9 Å². The minimum atomic E-state index is 0.164. The lowest BCUT2D eigenvalue weighted by Gasteiger charge is -2.28. The van der Waals surface area contributed by atoms with Crippen LogP contribution in [0.15, 0.2) is 0 Å². The molecule has 2 atom stereocenters. The molecular formula is C13H23NO. The number of rotatable bonds is 2. The van der Waals surface area contributed by atoms with Crippen LogP contribution in [0.3, 0.4) is 0 Å². The number of Topliss-reactive ketones (excluding diaryl/α,β-unsaturated/α-hetero) is 1. The smallest absolute Gasteiger partial charge is 0.140 e. The van der Waals surface area contributed by atoms with E-state index in [1.54, 1.807) is 0 Å². The van der Waals surface area contributed by atoms with Crippen LogP contribution in [0.25, 0.3) is 0 Å². The molecule has 2 nitrogen and oxygen atoms in total. The van der Waals surface area contributed by atoms with Crippen molar-refractivity contribution in [1.82, 2.24) is 0 Å². The summed E-state index contributed by atoms with van der Waals surface area (Å²) in [5.41, 5.74) is 5.99. The summed E-state index contributed by atoms with van der Waals surface area (Å²) in [4.78, 5) is 12.2. The average molecular weight is 209 g/mol. The summed E-state index contributed by atoms with van der Waals surface area (Å²) in [6.45, 7) is 2.29. The molecule has 2 aliphatic carbocycles. The highest BCUT2D eigenvalue weighted by Crippen LogP contribution is 2.34. The average Bonchev–Trinajstić information content (AvgIpc) is 2.65. The Morgan fingerprint density at radius 2 is 1.73 bits per heavy atom. The number of carbonyl (C=O) groups is 1. The van der Waals surface area contributed by atoms with Crippen LogP contribution in [0.1, 0.15) is 51.9 Å². The van der Waals surface area contributed by atoms with E-state index in [0.717, 1.165) is 38.0 Å². The number of hydrogen-bond donors (Lipinski definition) is 1. The number of hydrogen-bond acceptors (Lipinski definition) is 2. The fraction of sp³-hybridized carbons (Fsp3) is 0.923. The van der Waals surface area contributed by atoms with Gasteiger partial charge in [-0.15, -0.1) is 0 Å². The van der Waals surface area contributed by atoms with Crippen LogP contribution in [-0.4, -0.2) is 11.8 Å². The lowest BCUT2D eigenvalue weighted by molar-refractivity contribution is -0.128. The number of nitrogens with two attached hydrogens (primary N) is 1. The summed E-state index contributed by atoms with van der Waals surface area (Å²) in [5.74, 6) is 1.86. The molecule has 0 aliphatic heterocycles. The van der Waals surface area contributed by atoms with E-state index in [9.17, 15) is 4.79 Å².